The van der Waals surface area contributed by atoms with Gasteiger partial charge in [0.05, 0.1) is 0 Å². The molecule has 0 aromatic heterocycles. The molecule has 2 N–H and O–H groups in total. The lowest BCUT2D eigenvalue weighted by Crippen LogP contribution is -2.50. The highest BCUT2D eigenvalue weighted by Crippen LogP contribution is 2.66. The highest BCUT2D eigenvalue weighted by Gasteiger charge is 2.55. The summed E-state index contributed by atoms with van der Waals surface area (Å²) in [5, 5.41) is 24.9. The normalized spacial score (nSPS) is 45.8. The van der Waals surface area contributed by atoms with Crippen molar-refractivity contribution in [3.8, 4) is 11.5 Å². The molecule has 10 rings (SSSR count). The van der Waals surface area contributed by atoms with Crippen LogP contribution in [0.2, 0.25) is 0 Å². The first-order valence-corrected chi connectivity index (χ1v) is 13.5. The summed E-state index contributed by atoms with van der Waals surface area (Å²) < 4.78 is 0. The van der Waals surface area contributed by atoms with Crippen molar-refractivity contribution in [3.63, 3.8) is 0 Å². The molecule has 2 heteroatoms. The van der Waals surface area contributed by atoms with Crippen molar-refractivity contribution in [1.82, 2.24) is 0 Å². The third-order valence-corrected chi connectivity index (χ3v) is 11.3. The zero-order valence-electron chi connectivity index (χ0n) is 19.2. The monoisotopic (exact) mass is 428 g/mol. The van der Waals surface area contributed by atoms with E-state index < -0.39 is 0 Å². The molecular formula is C30H36O2. The van der Waals surface area contributed by atoms with Crippen LogP contribution in [0.4, 0.5) is 0 Å². The fourth-order valence-corrected chi connectivity index (χ4v) is 11.2. The first-order chi connectivity index (χ1) is 15.5. The number of rotatable bonds is 2. The lowest BCUT2D eigenvalue weighted by atomic mass is 9.46. The lowest BCUT2D eigenvalue weighted by molar-refractivity contribution is -0.00742. The van der Waals surface area contributed by atoms with E-state index in [0.29, 0.717) is 5.41 Å². The van der Waals surface area contributed by atoms with Gasteiger partial charge in [-0.1, -0.05) is 18.2 Å². The zero-order chi connectivity index (χ0) is 21.2. The van der Waals surface area contributed by atoms with Crippen molar-refractivity contribution in [2.24, 2.45) is 35.5 Å². The molecule has 0 unspecified atom stereocenters. The van der Waals surface area contributed by atoms with Gasteiger partial charge in [-0.3, -0.25) is 0 Å². The number of aromatic hydroxyl groups is 2. The van der Waals surface area contributed by atoms with Crippen molar-refractivity contribution >= 4 is 10.8 Å². The van der Waals surface area contributed by atoms with Crippen LogP contribution in [0.1, 0.15) is 88.2 Å². The fourth-order valence-electron chi connectivity index (χ4n) is 11.2. The van der Waals surface area contributed by atoms with Crippen LogP contribution in [0.15, 0.2) is 24.3 Å². The summed E-state index contributed by atoms with van der Waals surface area (Å²) in [6.45, 7) is 0. The SMILES string of the molecule is Oc1cc2cccc(C34CC5CC(CC(C5)C3)C4)c2c(C23CC4CC(CC(C4)C2)C3)c1O. The smallest absolute Gasteiger partial charge is 0.161 e. The molecule has 0 aliphatic heterocycles. The van der Waals surface area contributed by atoms with Gasteiger partial charge in [-0.2, -0.15) is 0 Å². The van der Waals surface area contributed by atoms with Crippen LogP contribution in [0.5, 0.6) is 11.5 Å². The third kappa shape index (κ3) is 2.37. The van der Waals surface area contributed by atoms with Crippen LogP contribution >= 0.6 is 0 Å². The van der Waals surface area contributed by atoms with Gasteiger partial charge in [0.25, 0.3) is 0 Å². The summed E-state index contributed by atoms with van der Waals surface area (Å²) in [6.07, 6.45) is 16.3. The average molecular weight is 429 g/mol. The van der Waals surface area contributed by atoms with Crippen molar-refractivity contribution in [2.75, 3.05) is 0 Å². The summed E-state index contributed by atoms with van der Waals surface area (Å²) in [5.41, 5.74) is 3.08. The van der Waals surface area contributed by atoms with Crippen LogP contribution in [0, 0.1) is 35.5 Å². The van der Waals surface area contributed by atoms with E-state index in [1.54, 1.807) is 0 Å². The third-order valence-electron chi connectivity index (χ3n) is 11.3. The van der Waals surface area contributed by atoms with Gasteiger partial charge in [-0.15, -0.1) is 0 Å². The molecule has 0 heterocycles. The van der Waals surface area contributed by atoms with Gasteiger partial charge in [0, 0.05) is 11.0 Å². The Bertz CT molecular complexity index is 1060. The molecule has 2 nitrogen and oxygen atoms in total. The molecule has 2 aromatic rings. The predicted octanol–water partition coefficient (Wildman–Crippen LogP) is 7.19. The van der Waals surface area contributed by atoms with E-state index in [1.165, 1.54) is 93.4 Å². The van der Waals surface area contributed by atoms with E-state index in [9.17, 15) is 10.2 Å². The quantitative estimate of drug-likeness (QED) is 0.497. The van der Waals surface area contributed by atoms with Gasteiger partial charge in [0.2, 0.25) is 0 Å². The number of hydrogen-bond acceptors (Lipinski definition) is 2. The van der Waals surface area contributed by atoms with Crippen LogP contribution in [0.25, 0.3) is 10.8 Å². The molecule has 0 atom stereocenters. The summed E-state index contributed by atoms with van der Waals surface area (Å²) in [6, 6.07) is 8.72. The summed E-state index contributed by atoms with van der Waals surface area (Å²) in [7, 11) is 0. The minimum atomic E-state index is 0.0776. The van der Waals surface area contributed by atoms with Crippen LogP contribution < -0.4 is 0 Å². The van der Waals surface area contributed by atoms with E-state index in [2.05, 4.69) is 18.2 Å². The Hall–Kier alpha value is -1.70. The maximum absolute atomic E-state index is 11.5. The minimum Gasteiger partial charge on any atom is -0.504 e. The molecular weight excluding hydrogens is 392 g/mol. The zero-order valence-corrected chi connectivity index (χ0v) is 19.2. The van der Waals surface area contributed by atoms with Gasteiger partial charge in [0.15, 0.2) is 11.5 Å². The van der Waals surface area contributed by atoms with Crippen LogP contribution in [-0.4, -0.2) is 10.2 Å². The van der Waals surface area contributed by atoms with Gasteiger partial charge >= 0.3 is 0 Å². The topological polar surface area (TPSA) is 40.5 Å². The van der Waals surface area contributed by atoms with E-state index in [0.717, 1.165) is 41.1 Å². The summed E-state index contributed by atoms with van der Waals surface area (Å²) in [4.78, 5) is 0. The second-order valence-corrected chi connectivity index (χ2v) is 13.4. The molecule has 168 valence electrons. The van der Waals surface area contributed by atoms with E-state index in [4.69, 9.17) is 0 Å². The van der Waals surface area contributed by atoms with Crippen LogP contribution in [-0.2, 0) is 10.8 Å². The first kappa shape index (κ1) is 18.7. The van der Waals surface area contributed by atoms with E-state index >= 15 is 0 Å². The molecule has 8 aliphatic rings. The van der Waals surface area contributed by atoms with Gasteiger partial charge < -0.3 is 10.2 Å². The highest BCUT2D eigenvalue weighted by atomic mass is 16.3. The Kier molecular flexibility index (Phi) is 3.53. The molecule has 8 saturated carbocycles. The molecule has 8 aliphatic carbocycles. The molecule has 0 spiro atoms. The second kappa shape index (κ2) is 6.05. The van der Waals surface area contributed by atoms with Gasteiger partial charge in [-0.05, 0) is 140 Å². The van der Waals surface area contributed by atoms with E-state index in [1.807, 2.05) is 6.07 Å². The Morgan fingerprint density at radius 2 is 1.09 bits per heavy atom. The predicted molar refractivity (Wildman–Crippen MR) is 127 cm³/mol. The van der Waals surface area contributed by atoms with Crippen LogP contribution in [0.3, 0.4) is 0 Å². The highest BCUT2D eigenvalue weighted by molar-refractivity contribution is 5.94. The van der Waals surface area contributed by atoms with E-state index in [-0.39, 0.29) is 16.9 Å². The van der Waals surface area contributed by atoms with Crippen molar-refractivity contribution < 1.29 is 10.2 Å². The summed E-state index contributed by atoms with van der Waals surface area (Å²) >= 11 is 0. The molecule has 0 amide bonds. The van der Waals surface area contributed by atoms with Gasteiger partial charge in [0.1, 0.15) is 0 Å². The number of benzene rings is 2. The Morgan fingerprint density at radius 3 is 1.59 bits per heavy atom. The second-order valence-electron chi connectivity index (χ2n) is 13.4. The molecule has 0 saturated heterocycles. The average Bonchev–Trinajstić information content (AvgIpc) is 2.72. The minimum absolute atomic E-state index is 0.0776. The van der Waals surface area contributed by atoms with Gasteiger partial charge in [-0.25, -0.2) is 0 Å². The molecule has 8 fully saturated rings. The molecule has 32 heavy (non-hydrogen) atoms. The number of hydrogen-bond donors (Lipinski definition) is 2. The van der Waals surface area contributed by atoms with Crippen molar-refractivity contribution in [3.05, 3.63) is 35.4 Å². The van der Waals surface area contributed by atoms with Crippen molar-refractivity contribution in [2.45, 2.75) is 87.9 Å². The number of phenols is 2. The maximum atomic E-state index is 11.5. The fraction of sp³-hybridized carbons (Fsp3) is 0.667. The lowest BCUT2D eigenvalue weighted by Gasteiger charge is -2.59. The Balaban J connectivity index is 1.39. The maximum Gasteiger partial charge on any atom is 0.161 e. The molecule has 8 bridgehead atoms. The first-order valence-electron chi connectivity index (χ1n) is 13.5. The largest absolute Gasteiger partial charge is 0.504 e. The molecule has 2 aromatic carbocycles. The molecule has 0 radical (unpaired) electrons. The number of phenolic OH excluding ortho intramolecular Hbond substituents is 2. The summed E-state index contributed by atoms with van der Waals surface area (Å²) in [5.74, 6) is 5.52. The standard InChI is InChI=1S/C30H36O2/c31-25-10-23-2-1-3-24(29-11-17-4-18(12-29)6-19(5-17)13-29)26(23)27(28(25)32)30-14-20-7-21(15-30)9-22(8-20)16-30/h1-3,10,17-22,31-32H,4-9,11-16H2. The number of fused-ring (bicyclic) bond motifs is 1. The Labute approximate surface area is 191 Å². The Morgan fingerprint density at radius 1 is 0.625 bits per heavy atom. The van der Waals surface area contributed by atoms with Crippen molar-refractivity contribution in [1.29, 1.82) is 0 Å².